The van der Waals surface area contributed by atoms with Crippen LogP contribution in [0.15, 0.2) is 150 Å². The van der Waals surface area contributed by atoms with Crippen LogP contribution in [0.5, 0.6) is 0 Å². The SMILES string of the molecule is O=c1c2ccccc2n(-c2ccccc2)c2cc3nc(-n4c5ccccc5c5ccccc54)n(-c4ccccc4)c3cc12. The third-order valence-corrected chi connectivity index (χ3v) is 8.44. The molecule has 0 spiro atoms. The van der Waals surface area contributed by atoms with Gasteiger partial charge in [-0.3, -0.25) is 13.9 Å². The summed E-state index contributed by atoms with van der Waals surface area (Å²) in [4.78, 5) is 19.4. The molecule has 0 N–H and O–H groups in total. The number of benzene rings is 6. The van der Waals surface area contributed by atoms with Crippen LogP contribution in [0.1, 0.15) is 0 Å². The molecular weight excluding hydrogens is 528 g/mol. The Morgan fingerprint density at radius 3 is 1.49 bits per heavy atom. The Morgan fingerprint density at radius 1 is 0.395 bits per heavy atom. The van der Waals surface area contributed by atoms with E-state index in [2.05, 4.69) is 92.6 Å². The molecule has 202 valence electrons. The van der Waals surface area contributed by atoms with E-state index in [4.69, 9.17) is 4.98 Å². The fourth-order valence-corrected chi connectivity index (χ4v) is 6.58. The maximum absolute atomic E-state index is 14.1. The summed E-state index contributed by atoms with van der Waals surface area (Å²) in [7, 11) is 0. The van der Waals surface area contributed by atoms with Gasteiger partial charge in [0.2, 0.25) is 5.95 Å². The molecular formula is C38H24N4O. The number of hydrogen-bond donors (Lipinski definition) is 0. The summed E-state index contributed by atoms with van der Waals surface area (Å²) in [6.07, 6.45) is 0. The van der Waals surface area contributed by atoms with Gasteiger partial charge in [0.25, 0.3) is 0 Å². The van der Waals surface area contributed by atoms with Gasteiger partial charge < -0.3 is 4.57 Å². The van der Waals surface area contributed by atoms with Gasteiger partial charge in [0, 0.05) is 32.9 Å². The molecule has 0 atom stereocenters. The second kappa shape index (κ2) is 9.03. The van der Waals surface area contributed by atoms with Crippen LogP contribution in [0.25, 0.3) is 72.0 Å². The number of pyridine rings is 1. The van der Waals surface area contributed by atoms with E-state index in [9.17, 15) is 4.79 Å². The first-order chi connectivity index (χ1) is 21.3. The van der Waals surface area contributed by atoms with E-state index in [-0.39, 0.29) is 5.43 Å². The third-order valence-electron chi connectivity index (χ3n) is 8.44. The van der Waals surface area contributed by atoms with Gasteiger partial charge in [-0.25, -0.2) is 4.98 Å². The van der Waals surface area contributed by atoms with Crippen LogP contribution in [0.2, 0.25) is 0 Å². The molecule has 0 saturated heterocycles. The number of para-hydroxylation sites is 5. The van der Waals surface area contributed by atoms with Crippen molar-refractivity contribution in [3.05, 3.63) is 156 Å². The topological polar surface area (TPSA) is 44.8 Å². The average Bonchev–Trinajstić information content (AvgIpc) is 3.60. The Bertz CT molecular complexity index is 2520. The molecule has 5 nitrogen and oxygen atoms in total. The molecule has 0 bridgehead atoms. The molecule has 0 amide bonds. The molecule has 5 heteroatoms. The van der Waals surface area contributed by atoms with Crippen LogP contribution in [0.3, 0.4) is 0 Å². The van der Waals surface area contributed by atoms with Gasteiger partial charge in [-0.05, 0) is 60.7 Å². The summed E-state index contributed by atoms with van der Waals surface area (Å²) >= 11 is 0. The fourth-order valence-electron chi connectivity index (χ4n) is 6.58. The van der Waals surface area contributed by atoms with Gasteiger partial charge in [0.1, 0.15) is 0 Å². The summed E-state index contributed by atoms with van der Waals surface area (Å²) in [6.45, 7) is 0. The minimum absolute atomic E-state index is 0.0129. The summed E-state index contributed by atoms with van der Waals surface area (Å²) < 4.78 is 6.59. The van der Waals surface area contributed by atoms with Crippen LogP contribution in [-0.2, 0) is 0 Å². The molecule has 43 heavy (non-hydrogen) atoms. The highest BCUT2D eigenvalue weighted by atomic mass is 16.1. The van der Waals surface area contributed by atoms with Gasteiger partial charge >= 0.3 is 0 Å². The first-order valence-corrected chi connectivity index (χ1v) is 14.4. The number of aromatic nitrogens is 4. The number of hydrogen-bond acceptors (Lipinski definition) is 2. The molecule has 0 radical (unpaired) electrons. The average molecular weight is 553 g/mol. The second-order valence-corrected chi connectivity index (χ2v) is 10.8. The van der Waals surface area contributed by atoms with Gasteiger partial charge in [-0.2, -0.15) is 0 Å². The highest BCUT2D eigenvalue weighted by Crippen LogP contribution is 2.35. The zero-order valence-electron chi connectivity index (χ0n) is 23.1. The molecule has 0 fully saturated rings. The van der Waals surface area contributed by atoms with E-state index in [1.54, 1.807) is 0 Å². The lowest BCUT2D eigenvalue weighted by Gasteiger charge is -2.16. The van der Waals surface area contributed by atoms with Gasteiger partial charge in [0.05, 0.1) is 33.1 Å². The molecule has 6 aromatic carbocycles. The molecule has 0 aliphatic rings. The van der Waals surface area contributed by atoms with Crippen molar-refractivity contribution in [3.8, 4) is 17.3 Å². The molecule has 0 aliphatic carbocycles. The highest BCUT2D eigenvalue weighted by molar-refractivity contribution is 6.09. The fraction of sp³-hybridized carbons (Fsp3) is 0. The van der Waals surface area contributed by atoms with Gasteiger partial charge in [-0.15, -0.1) is 0 Å². The van der Waals surface area contributed by atoms with Crippen LogP contribution in [-0.4, -0.2) is 18.7 Å². The van der Waals surface area contributed by atoms with Crippen molar-refractivity contribution in [1.82, 2.24) is 18.7 Å². The predicted octanol–water partition coefficient (Wildman–Crippen LogP) is 8.58. The number of rotatable bonds is 3. The van der Waals surface area contributed by atoms with Crippen LogP contribution < -0.4 is 5.43 Å². The molecule has 9 aromatic rings. The quantitative estimate of drug-likeness (QED) is 0.206. The standard InChI is InChI=1S/C38H24N4O/c43-37-29-19-9-12-22-34(29)40(25-13-3-1-4-14-25)35-24-31-36(23-30(35)37)41(26-15-5-2-6-16-26)38(39-31)42-32-20-10-7-17-27(32)28-18-8-11-21-33(28)42/h1-24H. The molecule has 0 saturated carbocycles. The normalized spacial score (nSPS) is 11.8. The van der Waals surface area contributed by atoms with Gasteiger partial charge in [0.15, 0.2) is 5.43 Å². The van der Waals surface area contributed by atoms with Crippen molar-refractivity contribution >= 4 is 54.6 Å². The number of nitrogens with zero attached hydrogens (tertiary/aromatic N) is 4. The Hall–Kier alpha value is -5.94. The summed E-state index contributed by atoms with van der Waals surface area (Å²) in [5.41, 5.74) is 7.53. The van der Waals surface area contributed by atoms with Gasteiger partial charge in [-0.1, -0.05) is 84.9 Å². The van der Waals surface area contributed by atoms with Crippen molar-refractivity contribution in [2.24, 2.45) is 0 Å². The molecule has 0 aliphatic heterocycles. The van der Waals surface area contributed by atoms with E-state index >= 15 is 0 Å². The summed E-state index contributed by atoms with van der Waals surface area (Å²) in [6, 6.07) is 49.3. The second-order valence-electron chi connectivity index (χ2n) is 10.8. The molecule has 9 rings (SSSR count). The highest BCUT2D eigenvalue weighted by Gasteiger charge is 2.22. The molecule has 3 aromatic heterocycles. The first-order valence-electron chi connectivity index (χ1n) is 14.4. The summed E-state index contributed by atoms with van der Waals surface area (Å²) in [5.74, 6) is 0.775. The zero-order valence-corrected chi connectivity index (χ0v) is 23.1. The van der Waals surface area contributed by atoms with Crippen molar-refractivity contribution in [2.45, 2.75) is 0 Å². The van der Waals surface area contributed by atoms with Crippen LogP contribution in [0.4, 0.5) is 0 Å². The van der Waals surface area contributed by atoms with Crippen molar-refractivity contribution < 1.29 is 0 Å². The number of fused-ring (bicyclic) bond motifs is 6. The first kappa shape index (κ1) is 23.7. The van der Waals surface area contributed by atoms with Crippen molar-refractivity contribution in [2.75, 3.05) is 0 Å². The largest absolute Gasteiger partial charge is 0.309 e. The third kappa shape index (κ3) is 3.39. The Balaban J connectivity index is 1.48. The minimum Gasteiger partial charge on any atom is -0.309 e. The smallest absolute Gasteiger partial charge is 0.220 e. The maximum atomic E-state index is 14.1. The zero-order chi connectivity index (χ0) is 28.5. The predicted molar refractivity (Wildman–Crippen MR) is 176 cm³/mol. The molecule has 3 heterocycles. The Morgan fingerprint density at radius 2 is 0.884 bits per heavy atom. The lowest BCUT2D eigenvalue weighted by Crippen LogP contribution is -2.10. The Labute approximate surface area is 246 Å². The number of imidazole rings is 1. The lowest BCUT2D eigenvalue weighted by atomic mass is 10.1. The van der Waals surface area contributed by atoms with E-state index < -0.39 is 0 Å². The lowest BCUT2D eigenvalue weighted by molar-refractivity contribution is 0.956. The van der Waals surface area contributed by atoms with Crippen molar-refractivity contribution in [1.29, 1.82) is 0 Å². The van der Waals surface area contributed by atoms with Crippen molar-refractivity contribution in [3.63, 3.8) is 0 Å². The Kier molecular flexibility index (Phi) is 4.98. The summed E-state index contributed by atoms with van der Waals surface area (Å²) in [5, 5.41) is 3.68. The molecule has 0 unspecified atom stereocenters. The van der Waals surface area contributed by atoms with Crippen LogP contribution in [0, 0.1) is 0 Å². The maximum Gasteiger partial charge on any atom is 0.220 e. The minimum atomic E-state index is 0.0129. The van der Waals surface area contributed by atoms with E-state index in [1.165, 1.54) is 10.8 Å². The van der Waals surface area contributed by atoms with Crippen LogP contribution >= 0.6 is 0 Å². The monoisotopic (exact) mass is 552 g/mol. The van der Waals surface area contributed by atoms with E-state index in [1.807, 2.05) is 66.7 Å². The van der Waals surface area contributed by atoms with E-state index in [0.717, 1.165) is 50.4 Å². The van der Waals surface area contributed by atoms with E-state index in [0.29, 0.717) is 10.8 Å².